The van der Waals surface area contributed by atoms with Crippen molar-refractivity contribution in [3.63, 3.8) is 0 Å². The van der Waals surface area contributed by atoms with Crippen LogP contribution in [0.1, 0.15) is 18.9 Å². The monoisotopic (exact) mass is 298 g/mol. The lowest BCUT2D eigenvalue weighted by molar-refractivity contribution is -0.136. The summed E-state index contributed by atoms with van der Waals surface area (Å²) in [6.45, 7) is 1.21. The highest BCUT2D eigenvalue weighted by atomic mass is 32.1. The van der Waals surface area contributed by atoms with Gasteiger partial charge in [-0.05, 0) is 19.1 Å². The predicted molar refractivity (Wildman–Crippen MR) is 66.0 cm³/mol. The summed E-state index contributed by atoms with van der Waals surface area (Å²) >= 11 is 4.51. The van der Waals surface area contributed by atoms with Crippen molar-refractivity contribution in [2.45, 2.75) is 25.6 Å². The quantitative estimate of drug-likeness (QED) is 0.661. The maximum atomic E-state index is 13.6. The third-order valence-electron chi connectivity index (χ3n) is 2.29. The zero-order valence-electron chi connectivity index (χ0n) is 9.81. The summed E-state index contributed by atoms with van der Waals surface area (Å²) in [5, 5.41) is 2.25. The van der Waals surface area contributed by atoms with E-state index in [2.05, 4.69) is 17.5 Å². The van der Waals surface area contributed by atoms with Crippen LogP contribution in [0.3, 0.4) is 0 Å². The first-order valence-corrected chi connectivity index (χ1v) is 5.63. The Hall–Kier alpha value is -1.44. The Labute approximate surface area is 111 Å². The molecule has 1 aromatic rings. The molecule has 106 valence electrons. The van der Waals surface area contributed by atoms with Crippen molar-refractivity contribution in [3.8, 4) is 0 Å². The van der Waals surface area contributed by atoms with E-state index in [1.54, 1.807) is 0 Å². The predicted octanol–water partition coefficient (Wildman–Crippen LogP) is 3.35. The highest BCUT2D eigenvalue weighted by molar-refractivity contribution is 7.80. The Morgan fingerprint density at radius 3 is 2.37 bits per heavy atom. The minimum absolute atomic E-state index is 0.290. The van der Waals surface area contributed by atoms with Gasteiger partial charge in [0.2, 0.25) is 0 Å². The molecule has 1 aromatic carbocycles. The topological polar surface area (TPSA) is 38.0 Å². The van der Waals surface area contributed by atoms with Gasteiger partial charge < -0.3 is 11.1 Å². The number of nitrogens with one attached hydrogen (secondary N) is 1. The molecule has 0 saturated heterocycles. The lowest BCUT2D eigenvalue weighted by Crippen LogP contribution is -2.24. The van der Waals surface area contributed by atoms with Crippen LogP contribution in [0, 0.1) is 11.6 Å². The van der Waals surface area contributed by atoms with Gasteiger partial charge in [0.25, 0.3) is 0 Å². The second-order valence-corrected chi connectivity index (χ2v) is 4.46. The summed E-state index contributed by atoms with van der Waals surface area (Å²) in [4.78, 5) is -0.328. The first-order valence-electron chi connectivity index (χ1n) is 5.23. The van der Waals surface area contributed by atoms with Crippen LogP contribution in [-0.4, -0.2) is 17.2 Å². The number of nitrogens with two attached hydrogens (primary N) is 1. The van der Waals surface area contributed by atoms with Gasteiger partial charge in [-0.25, -0.2) is 8.78 Å². The zero-order chi connectivity index (χ0) is 14.8. The number of rotatable bonds is 4. The number of thiocarbonyl (C=S) groups is 1. The summed E-state index contributed by atoms with van der Waals surface area (Å²) in [6, 6.07) is 1.12. The van der Waals surface area contributed by atoms with E-state index in [1.165, 1.54) is 6.92 Å². The SMILES string of the molecule is CC(CC(F)(F)F)Nc1ccc(C(N)=S)c(F)c1F. The van der Waals surface area contributed by atoms with Crippen molar-refractivity contribution in [2.24, 2.45) is 5.73 Å². The molecule has 8 heteroatoms. The molecular formula is C11H11F5N2S. The summed E-state index contributed by atoms with van der Waals surface area (Å²) in [6.07, 6.45) is -5.55. The molecule has 0 bridgehead atoms. The zero-order valence-corrected chi connectivity index (χ0v) is 10.6. The van der Waals surface area contributed by atoms with Crippen LogP contribution in [-0.2, 0) is 0 Å². The molecule has 3 N–H and O–H groups in total. The number of alkyl halides is 3. The minimum Gasteiger partial charge on any atom is -0.389 e. The van der Waals surface area contributed by atoms with E-state index in [9.17, 15) is 22.0 Å². The smallest absolute Gasteiger partial charge is 0.389 e. The molecule has 0 saturated carbocycles. The van der Waals surface area contributed by atoms with Gasteiger partial charge in [-0.15, -0.1) is 0 Å². The molecule has 0 fully saturated rings. The summed E-state index contributed by atoms with van der Waals surface area (Å²) in [5.41, 5.74) is 4.52. The molecule has 2 nitrogen and oxygen atoms in total. The molecule has 0 aliphatic carbocycles. The Morgan fingerprint density at radius 2 is 1.89 bits per heavy atom. The lowest BCUT2D eigenvalue weighted by Gasteiger charge is -2.18. The van der Waals surface area contributed by atoms with Gasteiger partial charge in [0.05, 0.1) is 12.1 Å². The number of hydrogen-bond donors (Lipinski definition) is 2. The normalized spacial score (nSPS) is 13.2. The molecular weight excluding hydrogens is 287 g/mol. The number of hydrogen-bond acceptors (Lipinski definition) is 2. The van der Waals surface area contributed by atoms with E-state index in [1.807, 2.05) is 0 Å². The van der Waals surface area contributed by atoms with Gasteiger partial charge in [-0.3, -0.25) is 0 Å². The average Bonchev–Trinajstić information content (AvgIpc) is 2.21. The van der Waals surface area contributed by atoms with Crippen molar-refractivity contribution in [2.75, 3.05) is 5.32 Å². The van der Waals surface area contributed by atoms with Gasteiger partial charge in [-0.2, -0.15) is 13.2 Å². The van der Waals surface area contributed by atoms with Crippen molar-refractivity contribution in [3.05, 3.63) is 29.3 Å². The van der Waals surface area contributed by atoms with E-state index in [0.29, 0.717) is 0 Å². The van der Waals surface area contributed by atoms with Crippen molar-refractivity contribution >= 4 is 22.9 Å². The molecule has 1 unspecified atom stereocenters. The van der Waals surface area contributed by atoms with Crippen molar-refractivity contribution in [1.82, 2.24) is 0 Å². The van der Waals surface area contributed by atoms with Crippen LogP contribution in [0.5, 0.6) is 0 Å². The second kappa shape index (κ2) is 5.68. The minimum atomic E-state index is -4.39. The molecule has 0 aromatic heterocycles. The van der Waals surface area contributed by atoms with E-state index in [0.717, 1.165) is 12.1 Å². The third-order valence-corrected chi connectivity index (χ3v) is 2.51. The largest absolute Gasteiger partial charge is 0.391 e. The summed E-state index contributed by atoms with van der Waals surface area (Å²) in [5.74, 6) is -2.59. The van der Waals surface area contributed by atoms with E-state index < -0.39 is 30.3 Å². The molecule has 0 amide bonds. The molecule has 1 rings (SSSR count). The fraction of sp³-hybridized carbons (Fsp3) is 0.364. The van der Waals surface area contributed by atoms with Crippen LogP contribution < -0.4 is 11.1 Å². The van der Waals surface area contributed by atoms with Crippen LogP contribution >= 0.6 is 12.2 Å². The first kappa shape index (κ1) is 15.6. The number of halogens is 5. The summed E-state index contributed by atoms with van der Waals surface area (Å²) < 4.78 is 63.4. The van der Waals surface area contributed by atoms with Crippen molar-refractivity contribution < 1.29 is 22.0 Å². The number of benzene rings is 1. The molecule has 0 aliphatic rings. The molecule has 0 spiro atoms. The van der Waals surface area contributed by atoms with E-state index in [-0.39, 0.29) is 16.2 Å². The van der Waals surface area contributed by atoms with Crippen LogP contribution in [0.4, 0.5) is 27.6 Å². The Kier molecular flexibility index (Phi) is 4.67. The highest BCUT2D eigenvalue weighted by Gasteiger charge is 2.30. The standard InChI is InChI=1S/C11H11F5N2S/c1-5(4-11(14,15)16)18-7-3-2-6(10(17)19)8(12)9(7)13/h2-3,5,18H,4H2,1H3,(H2,17,19). The molecule has 1 atom stereocenters. The fourth-order valence-electron chi connectivity index (χ4n) is 1.51. The lowest BCUT2D eigenvalue weighted by atomic mass is 10.1. The van der Waals surface area contributed by atoms with Gasteiger partial charge in [0.15, 0.2) is 11.6 Å². The molecule has 0 heterocycles. The first-order chi connectivity index (χ1) is 8.61. The molecule has 0 radical (unpaired) electrons. The maximum absolute atomic E-state index is 13.6. The Bertz CT molecular complexity index is 487. The van der Waals surface area contributed by atoms with Gasteiger partial charge in [0, 0.05) is 11.6 Å². The van der Waals surface area contributed by atoms with Crippen LogP contribution in [0.25, 0.3) is 0 Å². The van der Waals surface area contributed by atoms with E-state index in [4.69, 9.17) is 5.73 Å². The van der Waals surface area contributed by atoms with E-state index >= 15 is 0 Å². The Morgan fingerprint density at radius 1 is 1.32 bits per heavy atom. The van der Waals surface area contributed by atoms with Gasteiger partial charge in [-0.1, -0.05) is 12.2 Å². The fourth-order valence-corrected chi connectivity index (χ4v) is 1.67. The van der Waals surface area contributed by atoms with Crippen LogP contribution in [0.2, 0.25) is 0 Å². The van der Waals surface area contributed by atoms with Gasteiger partial charge >= 0.3 is 6.18 Å². The Balaban J connectivity index is 2.92. The maximum Gasteiger partial charge on any atom is 0.391 e. The summed E-state index contributed by atoms with van der Waals surface area (Å²) in [7, 11) is 0. The van der Waals surface area contributed by atoms with Gasteiger partial charge in [0.1, 0.15) is 4.99 Å². The average molecular weight is 298 g/mol. The second-order valence-electron chi connectivity index (χ2n) is 4.02. The van der Waals surface area contributed by atoms with Crippen molar-refractivity contribution in [1.29, 1.82) is 0 Å². The third kappa shape index (κ3) is 4.30. The number of anilines is 1. The molecule has 19 heavy (non-hydrogen) atoms. The van der Waals surface area contributed by atoms with Crippen LogP contribution in [0.15, 0.2) is 12.1 Å². The molecule has 0 aliphatic heterocycles. The highest BCUT2D eigenvalue weighted by Crippen LogP contribution is 2.26.